The lowest BCUT2D eigenvalue weighted by Crippen LogP contribution is -2.21. The monoisotopic (exact) mass is 395 g/mol. The van der Waals surface area contributed by atoms with Crippen molar-refractivity contribution in [2.45, 2.75) is 27.2 Å². The van der Waals surface area contributed by atoms with Crippen LogP contribution in [0, 0.1) is 26.6 Å². The largest absolute Gasteiger partial charge is 0.455 e. The Morgan fingerprint density at radius 1 is 1.03 bits per heavy atom. The van der Waals surface area contributed by atoms with Gasteiger partial charge in [0.05, 0.1) is 17.8 Å². The van der Waals surface area contributed by atoms with E-state index in [1.54, 1.807) is 35.9 Å². The number of amides is 1. The van der Waals surface area contributed by atoms with Crippen molar-refractivity contribution in [3.05, 3.63) is 76.9 Å². The Morgan fingerprint density at radius 2 is 1.69 bits per heavy atom. The maximum atomic E-state index is 13.1. The maximum Gasteiger partial charge on any atom is 0.310 e. The number of ether oxygens (including phenoxy) is 1. The lowest BCUT2D eigenvalue weighted by atomic mass is 10.1. The van der Waals surface area contributed by atoms with Gasteiger partial charge in [-0.05, 0) is 57.2 Å². The van der Waals surface area contributed by atoms with Crippen LogP contribution in [0.25, 0.3) is 5.69 Å². The SMILES string of the molecule is Cc1ccc(NC(=O)COC(=O)Cc2c(C)nn(-c3ccc(F)cc3)c2C)cc1. The molecule has 0 saturated heterocycles. The Bertz CT molecular complexity index is 1020. The zero-order valence-corrected chi connectivity index (χ0v) is 16.5. The molecule has 0 bridgehead atoms. The van der Waals surface area contributed by atoms with Gasteiger partial charge in [0.25, 0.3) is 5.91 Å². The number of carbonyl (C=O) groups is 2. The number of benzene rings is 2. The van der Waals surface area contributed by atoms with Gasteiger partial charge in [-0.25, -0.2) is 9.07 Å². The number of hydrogen-bond donors (Lipinski definition) is 1. The van der Waals surface area contributed by atoms with Gasteiger partial charge in [0.15, 0.2) is 6.61 Å². The molecule has 29 heavy (non-hydrogen) atoms. The molecule has 0 saturated carbocycles. The van der Waals surface area contributed by atoms with Crippen molar-refractivity contribution < 1.29 is 18.7 Å². The van der Waals surface area contributed by atoms with Crippen LogP contribution in [0.4, 0.5) is 10.1 Å². The molecule has 0 spiro atoms. The summed E-state index contributed by atoms with van der Waals surface area (Å²) in [6.07, 6.45) is -0.00330. The van der Waals surface area contributed by atoms with Gasteiger partial charge in [0.1, 0.15) is 5.82 Å². The first-order valence-electron chi connectivity index (χ1n) is 9.16. The van der Waals surface area contributed by atoms with E-state index in [1.165, 1.54) is 12.1 Å². The Labute approximate surface area is 168 Å². The van der Waals surface area contributed by atoms with Crippen molar-refractivity contribution in [1.29, 1.82) is 0 Å². The van der Waals surface area contributed by atoms with Crippen molar-refractivity contribution >= 4 is 17.6 Å². The summed E-state index contributed by atoms with van der Waals surface area (Å²) < 4.78 is 19.9. The van der Waals surface area contributed by atoms with E-state index in [1.807, 2.05) is 26.0 Å². The summed E-state index contributed by atoms with van der Waals surface area (Å²) >= 11 is 0. The first-order valence-corrected chi connectivity index (χ1v) is 9.16. The van der Waals surface area contributed by atoms with Gasteiger partial charge < -0.3 is 10.1 Å². The third-order valence-corrected chi connectivity index (χ3v) is 4.53. The highest BCUT2D eigenvalue weighted by Crippen LogP contribution is 2.19. The van der Waals surface area contributed by atoms with E-state index in [-0.39, 0.29) is 18.8 Å². The molecule has 0 unspecified atom stereocenters. The molecule has 0 fully saturated rings. The quantitative estimate of drug-likeness (QED) is 0.647. The summed E-state index contributed by atoms with van der Waals surface area (Å²) in [5, 5.41) is 7.11. The molecule has 0 aliphatic carbocycles. The van der Waals surface area contributed by atoms with E-state index in [0.29, 0.717) is 17.1 Å². The maximum absolute atomic E-state index is 13.1. The number of aryl methyl sites for hydroxylation is 2. The molecule has 7 heteroatoms. The molecular formula is C22H22FN3O3. The molecule has 150 valence electrons. The summed E-state index contributed by atoms with van der Waals surface area (Å²) in [4.78, 5) is 24.2. The second-order valence-electron chi connectivity index (χ2n) is 6.79. The molecule has 1 aromatic heterocycles. The van der Waals surface area contributed by atoms with Crippen LogP contribution in [-0.2, 0) is 20.7 Å². The average molecular weight is 395 g/mol. The minimum absolute atomic E-state index is 0.00330. The Hall–Kier alpha value is -3.48. The first-order chi connectivity index (χ1) is 13.8. The van der Waals surface area contributed by atoms with Crippen LogP contribution >= 0.6 is 0 Å². The fourth-order valence-electron chi connectivity index (χ4n) is 2.94. The normalized spacial score (nSPS) is 10.6. The van der Waals surface area contributed by atoms with Crippen molar-refractivity contribution in [3.63, 3.8) is 0 Å². The topological polar surface area (TPSA) is 73.2 Å². The Morgan fingerprint density at radius 3 is 2.34 bits per heavy atom. The minimum atomic E-state index is -0.520. The average Bonchev–Trinajstić information content (AvgIpc) is 2.97. The lowest BCUT2D eigenvalue weighted by molar-refractivity contribution is -0.146. The van der Waals surface area contributed by atoms with Crippen molar-refractivity contribution in [2.24, 2.45) is 0 Å². The Kier molecular flexibility index (Phi) is 6.07. The fourth-order valence-corrected chi connectivity index (χ4v) is 2.94. The molecule has 0 aliphatic rings. The zero-order chi connectivity index (χ0) is 21.0. The van der Waals surface area contributed by atoms with Crippen LogP contribution in [0.3, 0.4) is 0 Å². The van der Waals surface area contributed by atoms with Crippen LogP contribution in [-0.4, -0.2) is 28.3 Å². The van der Waals surface area contributed by atoms with E-state index in [4.69, 9.17) is 4.74 Å². The van der Waals surface area contributed by atoms with Crippen molar-refractivity contribution in [2.75, 3.05) is 11.9 Å². The van der Waals surface area contributed by atoms with Crippen LogP contribution in [0.15, 0.2) is 48.5 Å². The zero-order valence-electron chi connectivity index (χ0n) is 16.5. The second-order valence-corrected chi connectivity index (χ2v) is 6.79. The number of aromatic nitrogens is 2. The van der Waals surface area contributed by atoms with Crippen molar-refractivity contribution in [3.8, 4) is 5.69 Å². The van der Waals surface area contributed by atoms with Gasteiger partial charge in [0.2, 0.25) is 0 Å². The predicted octanol–water partition coefficient (Wildman–Crippen LogP) is 3.66. The summed E-state index contributed by atoms with van der Waals surface area (Å²) in [6.45, 7) is 5.21. The second kappa shape index (κ2) is 8.68. The number of anilines is 1. The standard InChI is InChI=1S/C22H22FN3O3/c1-14-4-8-18(9-5-14)24-21(27)13-29-22(28)12-20-15(2)25-26(16(20)3)19-10-6-17(23)7-11-19/h4-11H,12-13H2,1-3H3,(H,24,27). The highest BCUT2D eigenvalue weighted by atomic mass is 19.1. The van der Waals surface area contributed by atoms with E-state index >= 15 is 0 Å². The van der Waals surface area contributed by atoms with E-state index in [2.05, 4.69) is 10.4 Å². The predicted molar refractivity (Wildman–Crippen MR) is 107 cm³/mol. The van der Waals surface area contributed by atoms with Gasteiger partial charge in [0, 0.05) is 16.9 Å². The molecule has 1 amide bonds. The molecule has 0 atom stereocenters. The first kappa shape index (κ1) is 20.3. The summed E-state index contributed by atoms with van der Waals surface area (Å²) in [5.41, 5.74) is 4.58. The number of esters is 1. The lowest BCUT2D eigenvalue weighted by Gasteiger charge is -2.08. The van der Waals surface area contributed by atoms with Crippen LogP contribution < -0.4 is 5.32 Å². The van der Waals surface area contributed by atoms with Crippen LogP contribution in [0.2, 0.25) is 0 Å². The summed E-state index contributed by atoms with van der Waals surface area (Å²) in [7, 11) is 0. The highest BCUT2D eigenvalue weighted by molar-refractivity contribution is 5.92. The third-order valence-electron chi connectivity index (χ3n) is 4.53. The molecule has 0 aliphatic heterocycles. The molecule has 6 nitrogen and oxygen atoms in total. The van der Waals surface area contributed by atoms with E-state index < -0.39 is 11.9 Å². The molecule has 2 aromatic carbocycles. The number of halogens is 1. The number of rotatable bonds is 6. The van der Waals surface area contributed by atoms with Crippen molar-refractivity contribution in [1.82, 2.24) is 9.78 Å². The van der Waals surface area contributed by atoms with Gasteiger partial charge in [-0.1, -0.05) is 17.7 Å². The number of hydrogen-bond acceptors (Lipinski definition) is 4. The minimum Gasteiger partial charge on any atom is -0.455 e. The fraction of sp³-hybridized carbons (Fsp3) is 0.227. The smallest absolute Gasteiger partial charge is 0.310 e. The molecule has 1 heterocycles. The summed E-state index contributed by atoms with van der Waals surface area (Å²) in [5.74, 6) is -1.26. The van der Waals surface area contributed by atoms with E-state index in [9.17, 15) is 14.0 Å². The number of nitrogens with zero attached hydrogens (tertiary/aromatic N) is 2. The molecule has 3 rings (SSSR count). The van der Waals surface area contributed by atoms with E-state index in [0.717, 1.165) is 16.8 Å². The number of nitrogens with one attached hydrogen (secondary N) is 1. The molecule has 0 radical (unpaired) electrons. The van der Waals surface area contributed by atoms with Gasteiger partial charge in [-0.15, -0.1) is 0 Å². The highest BCUT2D eigenvalue weighted by Gasteiger charge is 2.17. The van der Waals surface area contributed by atoms with Gasteiger partial charge >= 0.3 is 5.97 Å². The third kappa shape index (κ3) is 5.07. The van der Waals surface area contributed by atoms with Crippen LogP contribution in [0.5, 0.6) is 0 Å². The molecule has 3 aromatic rings. The number of carbonyl (C=O) groups excluding carboxylic acids is 2. The molecular weight excluding hydrogens is 373 g/mol. The Balaban J connectivity index is 1.59. The molecule has 1 N–H and O–H groups in total. The van der Waals surface area contributed by atoms with Gasteiger partial charge in [-0.3, -0.25) is 9.59 Å². The summed E-state index contributed by atoms with van der Waals surface area (Å²) in [6, 6.07) is 13.3. The van der Waals surface area contributed by atoms with Gasteiger partial charge in [-0.2, -0.15) is 5.10 Å². The van der Waals surface area contributed by atoms with Crippen LogP contribution in [0.1, 0.15) is 22.5 Å².